The van der Waals surface area contributed by atoms with Crippen LogP contribution in [-0.4, -0.2) is 44.6 Å². The number of rotatable bonds is 4. The maximum atomic E-state index is 12.8. The first kappa shape index (κ1) is 21.0. The first-order valence-corrected chi connectivity index (χ1v) is 8.32. The second-order valence-electron chi connectivity index (χ2n) is 6.24. The van der Waals surface area contributed by atoms with Crippen molar-refractivity contribution in [1.82, 2.24) is 30.4 Å². The number of fused-ring (bicyclic) bond motifs is 1. The molecule has 144 valence electrons. The number of carbonyl (C=O) groups is 1. The van der Waals surface area contributed by atoms with Gasteiger partial charge in [0.05, 0.1) is 30.0 Å². The Bertz CT molecular complexity index is 879. The predicted molar refractivity (Wildman–Crippen MR) is 108 cm³/mol. The number of imidazole rings is 1. The molecule has 0 saturated carbocycles. The monoisotopic (exact) mass is 408 g/mol. The summed E-state index contributed by atoms with van der Waals surface area (Å²) in [5.74, 6) is 0.00362. The summed E-state index contributed by atoms with van der Waals surface area (Å²) in [7, 11) is 1.80. The molecule has 3 heterocycles. The predicted octanol–water partition coefficient (Wildman–Crippen LogP) is 2.49. The molecule has 0 bridgehead atoms. The van der Waals surface area contributed by atoms with Gasteiger partial charge in [0, 0.05) is 31.3 Å². The van der Waals surface area contributed by atoms with Crippen LogP contribution in [0.3, 0.4) is 0 Å². The van der Waals surface area contributed by atoms with Gasteiger partial charge in [-0.25, -0.2) is 4.98 Å². The van der Waals surface area contributed by atoms with Crippen LogP contribution in [0.25, 0.3) is 11.3 Å². The number of carbonyl (C=O) groups excluding carboxylic acids is 1. The highest BCUT2D eigenvalue weighted by molar-refractivity contribution is 5.85. The van der Waals surface area contributed by atoms with Crippen molar-refractivity contribution >= 4 is 30.7 Å². The van der Waals surface area contributed by atoms with E-state index >= 15 is 0 Å². The normalized spacial score (nSPS) is 15.2. The fraction of sp³-hybridized carbons (Fsp3) is 0.278. The maximum Gasteiger partial charge on any atom is 0.246 e. The molecule has 0 spiro atoms. The average Bonchev–Trinajstić information content (AvgIpc) is 3.30. The molecular weight excluding hydrogens is 387 g/mol. The third kappa shape index (κ3) is 4.32. The summed E-state index contributed by atoms with van der Waals surface area (Å²) in [6, 6.07) is 11.6. The number of likely N-dealkylation sites (N-methyl/N-ethyl adjacent to an activating group) is 1. The molecule has 1 amide bonds. The second-order valence-corrected chi connectivity index (χ2v) is 6.24. The Kier molecular flexibility index (Phi) is 7.01. The number of benzene rings is 1. The lowest BCUT2D eigenvalue weighted by Gasteiger charge is -2.26. The molecule has 3 N–H and O–H groups in total. The van der Waals surface area contributed by atoms with Crippen LogP contribution in [0.15, 0.2) is 42.7 Å². The van der Waals surface area contributed by atoms with Gasteiger partial charge in [0.1, 0.15) is 6.04 Å². The summed E-state index contributed by atoms with van der Waals surface area (Å²) >= 11 is 0. The van der Waals surface area contributed by atoms with Crippen molar-refractivity contribution in [2.45, 2.75) is 19.0 Å². The Morgan fingerprint density at radius 3 is 2.81 bits per heavy atom. The SMILES string of the molecule is CN(Cc1cc(-c2ccccc2)n[nH]1)C(=O)C1NCCc2[nH]cnc21.Cl.Cl. The molecule has 27 heavy (non-hydrogen) atoms. The van der Waals surface area contributed by atoms with E-state index in [-0.39, 0.29) is 30.7 Å². The number of halogens is 2. The Hall–Kier alpha value is -2.35. The molecule has 1 aliphatic rings. The van der Waals surface area contributed by atoms with Crippen molar-refractivity contribution < 1.29 is 4.79 Å². The lowest BCUT2D eigenvalue weighted by Crippen LogP contribution is -2.42. The fourth-order valence-corrected chi connectivity index (χ4v) is 3.18. The van der Waals surface area contributed by atoms with E-state index < -0.39 is 6.04 Å². The number of hydrogen-bond donors (Lipinski definition) is 3. The van der Waals surface area contributed by atoms with Gasteiger partial charge in [-0.05, 0) is 6.07 Å². The van der Waals surface area contributed by atoms with E-state index in [4.69, 9.17) is 0 Å². The highest BCUT2D eigenvalue weighted by Crippen LogP contribution is 2.22. The molecule has 1 atom stereocenters. The van der Waals surface area contributed by atoms with Crippen LogP contribution in [0.1, 0.15) is 23.1 Å². The zero-order valence-electron chi connectivity index (χ0n) is 14.8. The van der Waals surface area contributed by atoms with Gasteiger partial charge < -0.3 is 15.2 Å². The van der Waals surface area contributed by atoms with Crippen molar-refractivity contribution in [3.8, 4) is 11.3 Å². The fourth-order valence-electron chi connectivity index (χ4n) is 3.18. The van der Waals surface area contributed by atoms with Gasteiger partial charge in [0.25, 0.3) is 0 Å². The standard InChI is InChI=1S/C18H20N6O.2ClH/c1-24(18(25)17-16-14(7-8-19-17)20-11-21-16)10-13-9-15(23-22-13)12-5-3-2-4-6-12;;/h2-6,9,11,17,19H,7-8,10H2,1H3,(H,20,21)(H,22,23);2*1H. The van der Waals surface area contributed by atoms with Crippen molar-refractivity contribution in [2.24, 2.45) is 0 Å². The van der Waals surface area contributed by atoms with Crippen LogP contribution in [0, 0.1) is 0 Å². The highest BCUT2D eigenvalue weighted by atomic mass is 35.5. The molecule has 1 aromatic carbocycles. The van der Waals surface area contributed by atoms with E-state index in [0.717, 1.165) is 41.3 Å². The average molecular weight is 409 g/mol. The van der Waals surface area contributed by atoms with Gasteiger partial charge in [0.15, 0.2) is 0 Å². The van der Waals surface area contributed by atoms with Crippen LogP contribution in [-0.2, 0) is 17.8 Å². The van der Waals surface area contributed by atoms with E-state index in [1.807, 2.05) is 36.4 Å². The molecule has 3 aromatic rings. The summed E-state index contributed by atoms with van der Waals surface area (Å²) in [4.78, 5) is 21.9. The number of nitrogens with one attached hydrogen (secondary N) is 3. The molecule has 0 radical (unpaired) electrons. The molecule has 9 heteroatoms. The largest absolute Gasteiger partial charge is 0.348 e. The Morgan fingerprint density at radius 2 is 2.04 bits per heavy atom. The van der Waals surface area contributed by atoms with E-state index in [2.05, 4.69) is 25.5 Å². The van der Waals surface area contributed by atoms with Crippen molar-refractivity contribution in [2.75, 3.05) is 13.6 Å². The first-order valence-electron chi connectivity index (χ1n) is 8.32. The molecular formula is C18H22Cl2N6O. The Morgan fingerprint density at radius 1 is 1.26 bits per heavy atom. The van der Waals surface area contributed by atoms with Gasteiger partial charge in [-0.1, -0.05) is 30.3 Å². The third-order valence-corrected chi connectivity index (χ3v) is 4.48. The summed E-state index contributed by atoms with van der Waals surface area (Å²) in [5.41, 5.74) is 4.67. The number of aromatic nitrogens is 4. The van der Waals surface area contributed by atoms with Crippen LogP contribution in [0.4, 0.5) is 0 Å². The molecule has 0 saturated heterocycles. The quantitative estimate of drug-likeness (QED) is 0.618. The van der Waals surface area contributed by atoms with Crippen LogP contribution >= 0.6 is 24.8 Å². The topological polar surface area (TPSA) is 89.7 Å². The number of aromatic amines is 2. The molecule has 0 fully saturated rings. The minimum atomic E-state index is -0.392. The van der Waals surface area contributed by atoms with Crippen molar-refractivity contribution in [3.63, 3.8) is 0 Å². The molecule has 4 rings (SSSR count). The van der Waals surface area contributed by atoms with Gasteiger partial charge in [-0.2, -0.15) is 5.10 Å². The number of hydrogen-bond acceptors (Lipinski definition) is 4. The lowest BCUT2D eigenvalue weighted by atomic mass is 10.0. The summed E-state index contributed by atoms with van der Waals surface area (Å²) < 4.78 is 0. The third-order valence-electron chi connectivity index (χ3n) is 4.48. The van der Waals surface area contributed by atoms with E-state index in [9.17, 15) is 4.79 Å². The van der Waals surface area contributed by atoms with Gasteiger partial charge in [-0.3, -0.25) is 9.89 Å². The summed E-state index contributed by atoms with van der Waals surface area (Å²) in [6.07, 6.45) is 2.52. The van der Waals surface area contributed by atoms with Crippen LogP contribution in [0.2, 0.25) is 0 Å². The first-order chi connectivity index (χ1) is 12.2. The molecule has 7 nitrogen and oxygen atoms in total. The van der Waals surface area contributed by atoms with E-state index in [1.54, 1.807) is 18.3 Å². The molecule has 2 aromatic heterocycles. The number of amides is 1. The summed E-state index contributed by atoms with van der Waals surface area (Å²) in [6.45, 7) is 1.23. The van der Waals surface area contributed by atoms with Gasteiger partial charge in [0.2, 0.25) is 5.91 Å². The van der Waals surface area contributed by atoms with E-state index in [0.29, 0.717) is 6.54 Å². The van der Waals surface area contributed by atoms with Crippen molar-refractivity contribution in [1.29, 1.82) is 0 Å². The highest BCUT2D eigenvalue weighted by Gasteiger charge is 2.30. The minimum Gasteiger partial charge on any atom is -0.348 e. The van der Waals surface area contributed by atoms with Gasteiger partial charge >= 0.3 is 0 Å². The number of nitrogens with zero attached hydrogens (tertiary/aromatic N) is 3. The smallest absolute Gasteiger partial charge is 0.246 e. The van der Waals surface area contributed by atoms with Gasteiger partial charge in [-0.15, -0.1) is 24.8 Å². The van der Waals surface area contributed by atoms with Crippen molar-refractivity contribution in [3.05, 3.63) is 59.8 Å². The Labute approximate surface area is 169 Å². The summed E-state index contributed by atoms with van der Waals surface area (Å²) in [5, 5.41) is 10.6. The molecule has 0 aliphatic carbocycles. The maximum absolute atomic E-state index is 12.8. The minimum absolute atomic E-state index is 0. The molecule has 1 unspecified atom stereocenters. The van der Waals surface area contributed by atoms with Crippen LogP contribution in [0.5, 0.6) is 0 Å². The Balaban J connectivity index is 0.00000131. The number of H-pyrrole nitrogens is 2. The van der Waals surface area contributed by atoms with E-state index in [1.165, 1.54) is 0 Å². The van der Waals surface area contributed by atoms with Crippen LogP contribution < -0.4 is 5.32 Å². The molecule has 1 aliphatic heterocycles. The lowest BCUT2D eigenvalue weighted by molar-refractivity contribution is -0.133. The zero-order valence-corrected chi connectivity index (χ0v) is 16.4. The second kappa shape index (κ2) is 9.03. The zero-order chi connectivity index (χ0) is 17.2.